The minimum atomic E-state index is -0.419. The summed E-state index contributed by atoms with van der Waals surface area (Å²) >= 11 is 5.26. The fourth-order valence-electron chi connectivity index (χ4n) is 3.27. The molecular weight excluding hydrogens is 426 g/mol. The topological polar surface area (TPSA) is 89.5 Å². The minimum absolute atomic E-state index is 0.164. The number of hydrogen-bond acceptors (Lipinski definition) is 6. The number of benzene rings is 3. The van der Waals surface area contributed by atoms with Crippen molar-refractivity contribution >= 4 is 51.0 Å². The molecule has 7 nitrogen and oxygen atoms in total. The number of hydrogen-bond donors (Lipinski definition) is 2. The van der Waals surface area contributed by atoms with Crippen LogP contribution in [-0.4, -0.2) is 23.1 Å². The first-order chi connectivity index (χ1) is 15.6. The molecule has 0 atom stereocenters. The number of nitrogens with one attached hydrogen (secondary N) is 2. The quantitative estimate of drug-likeness (QED) is 0.361. The van der Waals surface area contributed by atoms with Gasteiger partial charge in [-0.15, -0.1) is 0 Å². The summed E-state index contributed by atoms with van der Waals surface area (Å²) in [5, 5.41) is 6.63. The van der Waals surface area contributed by atoms with Crippen LogP contribution in [0.4, 0.5) is 5.69 Å². The van der Waals surface area contributed by atoms with Gasteiger partial charge in [-0.05, 0) is 60.7 Å². The fourth-order valence-corrected chi connectivity index (χ4v) is 3.49. The summed E-state index contributed by atoms with van der Waals surface area (Å²) in [7, 11) is 1.61. The predicted molar refractivity (Wildman–Crippen MR) is 126 cm³/mol. The number of carbonyl (C=O) groups is 1. The van der Waals surface area contributed by atoms with Crippen molar-refractivity contribution in [2.75, 3.05) is 12.4 Å². The van der Waals surface area contributed by atoms with Gasteiger partial charge in [0.1, 0.15) is 16.8 Å². The summed E-state index contributed by atoms with van der Waals surface area (Å²) in [6.07, 6.45) is 0. The van der Waals surface area contributed by atoms with Gasteiger partial charge in [-0.1, -0.05) is 18.2 Å². The Bertz CT molecular complexity index is 1420. The maximum Gasteiger partial charge on any atom is 0.293 e. The van der Waals surface area contributed by atoms with E-state index < -0.39 is 5.91 Å². The van der Waals surface area contributed by atoms with E-state index in [-0.39, 0.29) is 10.9 Å². The van der Waals surface area contributed by atoms with Crippen LogP contribution < -0.4 is 15.4 Å². The Morgan fingerprint density at radius 3 is 2.56 bits per heavy atom. The zero-order valence-electron chi connectivity index (χ0n) is 16.9. The maximum atomic E-state index is 12.4. The molecule has 0 unspecified atom stereocenters. The summed E-state index contributed by atoms with van der Waals surface area (Å²) < 4.78 is 16.6. The van der Waals surface area contributed by atoms with Gasteiger partial charge in [-0.25, -0.2) is 4.98 Å². The minimum Gasteiger partial charge on any atom is -0.497 e. The van der Waals surface area contributed by atoms with Gasteiger partial charge >= 0.3 is 0 Å². The summed E-state index contributed by atoms with van der Waals surface area (Å²) in [5.41, 5.74) is 3.56. The molecule has 2 aromatic heterocycles. The van der Waals surface area contributed by atoms with E-state index in [4.69, 9.17) is 25.8 Å². The van der Waals surface area contributed by atoms with Crippen LogP contribution in [0.3, 0.4) is 0 Å². The molecule has 0 saturated carbocycles. The van der Waals surface area contributed by atoms with Crippen LogP contribution in [0.25, 0.3) is 33.5 Å². The van der Waals surface area contributed by atoms with Crippen molar-refractivity contribution in [1.82, 2.24) is 10.3 Å². The third kappa shape index (κ3) is 3.91. The smallest absolute Gasteiger partial charge is 0.293 e. The molecule has 32 heavy (non-hydrogen) atoms. The average molecular weight is 443 g/mol. The van der Waals surface area contributed by atoms with Crippen LogP contribution in [0.15, 0.2) is 81.6 Å². The highest BCUT2D eigenvalue weighted by atomic mass is 32.1. The number of para-hydroxylation sites is 1. The standard InChI is InChI=1S/C24H17N3O4S/c1-29-17-10-11-20-18(13-17)26-23(31-20)14-6-8-16(9-7-14)25-24(32)27-22(28)21-12-15-4-2-3-5-19(15)30-21/h2-13H,1H3,(H2,25,27,28,32). The maximum absolute atomic E-state index is 12.4. The largest absolute Gasteiger partial charge is 0.497 e. The van der Waals surface area contributed by atoms with Gasteiger partial charge in [-0.2, -0.15) is 0 Å². The lowest BCUT2D eigenvalue weighted by atomic mass is 10.2. The second kappa shape index (κ2) is 8.16. The summed E-state index contributed by atoms with van der Waals surface area (Å²) in [4.78, 5) is 16.9. The molecule has 1 amide bonds. The molecule has 0 radical (unpaired) electrons. The van der Waals surface area contributed by atoms with Gasteiger partial charge in [-0.3, -0.25) is 10.1 Å². The number of thiocarbonyl (C=S) groups is 1. The number of methoxy groups -OCH3 is 1. The number of oxazole rings is 1. The number of anilines is 1. The van der Waals surface area contributed by atoms with E-state index in [9.17, 15) is 4.79 Å². The zero-order valence-corrected chi connectivity index (χ0v) is 17.7. The van der Waals surface area contributed by atoms with Crippen molar-refractivity contribution < 1.29 is 18.4 Å². The first-order valence-electron chi connectivity index (χ1n) is 9.75. The van der Waals surface area contributed by atoms with E-state index in [1.807, 2.05) is 60.7 Å². The number of fused-ring (bicyclic) bond motifs is 2. The van der Waals surface area contributed by atoms with Gasteiger partial charge in [0.25, 0.3) is 5.91 Å². The van der Waals surface area contributed by atoms with E-state index in [0.29, 0.717) is 22.7 Å². The van der Waals surface area contributed by atoms with Crippen molar-refractivity contribution in [3.63, 3.8) is 0 Å². The van der Waals surface area contributed by atoms with Crippen LogP contribution in [-0.2, 0) is 0 Å². The number of amides is 1. The average Bonchev–Trinajstić information content (AvgIpc) is 3.43. The molecule has 0 aliphatic rings. The molecule has 8 heteroatoms. The Labute approximate surface area is 188 Å². The zero-order chi connectivity index (χ0) is 22.1. The second-order valence-electron chi connectivity index (χ2n) is 6.99. The van der Waals surface area contributed by atoms with Gasteiger partial charge in [0.05, 0.1) is 7.11 Å². The predicted octanol–water partition coefficient (Wildman–Crippen LogP) is 5.38. The molecule has 158 valence electrons. The van der Waals surface area contributed by atoms with Crippen molar-refractivity contribution in [3.8, 4) is 17.2 Å². The van der Waals surface area contributed by atoms with Crippen LogP contribution in [0.2, 0.25) is 0 Å². The van der Waals surface area contributed by atoms with Crippen LogP contribution >= 0.6 is 12.2 Å². The lowest BCUT2D eigenvalue weighted by Gasteiger charge is -2.08. The van der Waals surface area contributed by atoms with Crippen LogP contribution in [0.1, 0.15) is 10.6 Å². The normalized spacial score (nSPS) is 10.9. The summed E-state index contributed by atoms with van der Waals surface area (Å²) in [6, 6.07) is 21.9. The van der Waals surface area contributed by atoms with E-state index in [0.717, 1.165) is 22.2 Å². The van der Waals surface area contributed by atoms with Crippen molar-refractivity contribution in [2.45, 2.75) is 0 Å². The molecular formula is C24H17N3O4S. The monoisotopic (exact) mass is 443 g/mol. The number of carbonyl (C=O) groups excluding carboxylic acids is 1. The number of furan rings is 1. The highest BCUT2D eigenvalue weighted by Gasteiger charge is 2.14. The fraction of sp³-hybridized carbons (Fsp3) is 0.0417. The van der Waals surface area contributed by atoms with Crippen LogP contribution in [0.5, 0.6) is 5.75 Å². The first-order valence-corrected chi connectivity index (χ1v) is 10.2. The number of ether oxygens (including phenoxy) is 1. The number of rotatable bonds is 4. The molecule has 0 spiro atoms. The molecule has 0 bridgehead atoms. The van der Waals surface area contributed by atoms with Gasteiger partial charge < -0.3 is 18.9 Å². The van der Waals surface area contributed by atoms with Crippen molar-refractivity contribution in [2.24, 2.45) is 0 Å². The lowest BCUT2D eigenvalue weighted by Crippen LogP contribution is -2.33. The van der Waals surface area contributed by atoms with E-state index in [1.165, 1.54) is 0 Å². The molecule has 0 fully saturated rings. The molecule has 5 rings (SSSR count). The first kappa shape index (κ1) is 19.8. The van der Waals surface area contributed by atoms with E-state index in [2.05, 4.69) is 15.6 Å². The van der Waals surface area contributed by atoms with E-state index >= 15 is 0 Å². The molecule has 2 heterocycles. The molecule has 0 saturated heterocycles. The Balaban J connectivity index is 1.26. The Hall–Kier alpha value is -4.17. The molecule has 0 aliphatic carbocycles. The third-order valence-corrected chi connectivity index (χ3v) is 5.06. The Kier molecular flexibility index (Phi) is 5.04. The molecule has 5 aromatic rings. The Morgan fingerprint density at radius 1 is 0.969 bits per heavy atom. The molecule has 2 N–H and O–H groups in total. The highest BCUT2D eigenvalue weighted by Crippen LogP contribution is 2.27. The van der Waals surface area contributed by atoms with Gasteiger partial charge in [0, 0.05) is 22.7 Å². The SMILES string of the molecule is COc1ccc2oc(-c3ccc(NC(=S)NC(=O)c4cc5ccccc5o4)cc3)nc2c1. The summed E-state index contributed by atoms with van der Waals surface area (Å²) in [5.74, 6) is 0.992. The van der Waals surface area contributed by atoms with Crippen LogP contribution in [0, 0.1) is 0 Å². The van der Waals surface area contributed by atoms with Crippen molar-refractivity contribution in [1.29, 1.82) is 0 Å². The number of aromatic nitrogens is 1. The van der Waals surface area contributed by atoms with Gasteiger partial charge in [0.2, 0.25) is 5.89 Å². The number of nitrogens with zero attached hydrogens (tertiary/aromatic N) is 1. The lowest BCUT2D eigenvalue weighted by molar-refractivity contribution is 0.0953. The van der Waals surface area contributed by atoms with Crippen molar-refractivity contribution in [3.05, 3.63) is 78.6 Å². The van der Waals surface area contributed by atoms with E-state index in [1.54, 1.807) is 19.2 Å². The third-order valence-electron chi connectivity index (χ3n) is 4.86. The molecule has 0 aliphatic heterocycles. The highest BCUT2D eigenvalue weighted by molar-refractivity contribution is 7.80. The summed E-state index contributed by atoms with van der Waals surface area (Å²) in [6.45, 7) is 0. The Morgan fingerprint density at radius 2 is 1.78 bits per heavy atom. The van der Waals surface area contributed by atoms with Gasteiger partial charge in [0.15, 0.2) is 16.5 Å². The molecule has 3 aromatic carbocycles. The second-order valence-corrected chi connectivity index (χ2v) is 7.39.